The van der Waals surface area contributed by atoms with Crippen molar-refractivity contribution in [2.24, 2.45) is 0 Å². The van der Waals surface area contributed by atoms with Gasteiger partial charge in [-0.3, -0.25) is 0 Å². The first-order valence-electron chi connectivity index (χ1n) is 3.46. The smallest absolute Gasteiger partial charge is 0.0650 e. The summed E-state index contributed by atoms with van der Waals surface area (Å²) in [4.78, 5) is 0. The molecule has 42 valence electrons. The molecule has 8 heavy (non-hydrogen) atoms. The standard InChI is InChI=1S/C6H4ClI/c7-5-2-1-3-6(8)4-5/h1-4H/i1D,2D,4D. The Morgan fingerprint density at radius 3 is 3.25 bits per heavy atom. The zero-order valence-electron chi connectivity index (χ0n) is 6.83. The van der Waals surface area contributed by atoms with Crippen LogP contribution in [0.4, 0.5) is 0 Å². The molecule has 2 heteroatoms. The van der Waals surface area contributed by atoms with Gasteiger partial charge in [0.2, 0.25) is 0 Å². The Morgan fingerprint density at radius 2 is 2.50 bits per heavy atom. The van der Waals surface area contributed by atoms with Crippen molar-refractivity contribution in [3.63, 3.8) is 0 Å². The molecule has 0 saturated carbocycles. The van der Waals surface area contributed by atoms with E-state index in [4.69, 9.17) is 15.7 Å². The van der Waals surface area contributed by atoms with Gasteiger partial charge in [0, 0.05) is 8.59 Å². The summed E-state index contributed by atoms with van der Waals surface area (Å²) in [6.45, 7) is 0. The fraction of sp³-hybridized carbons (Fsp3) is 0. The van der Waals surface area contributed by atoms with Crippen molar-refractivity contribution in [3.8, 4) is 0 Å². The molecule has 0 fully saturated rings. The van der Waals surface area contributed by atoms with Crippen LogP contribution in [-0.4, -0.2) is 0 Å². The Bertz CT molecular complexity index is 274. The van der Waals surface area contributed by atoms with Gasteiger partial charge in [-0.25, -0.2) is 0 Å². The van der Waals surface area contributed by atoms with Gasteiger partial charge in [-0.05, 0) is 40.7 Å². The normalized spacial score (nSPS) is 14.5. The number of hydrogen-bond acceptors (Lipinski definition) is 0. The predicted molar refractivity (Wildman–Crippen MR) is 44.2 cm³/mol. The van der Waals surface area contributed by atoms with Crippen LogP contribution >= 0.6 is 34.2 Å². The lowest BCUT2D eigenvalue weighted by molar-refractivity contribution is 1.65. The van der Waals surface area contributed by atoms with Crippen molar-refractivity contribution in [3.05, 3.63) is 32.8 Å². The molecule has 0 heterocycles. The van der Waals surface area contributed by atoms with Crippen LogP contribution in [-0.2, 0) is 0 Å². The number of hydrogen-bond donors (Lipinski definition) is 0. The summed E-state index contributed by atoms with van der Waals surface area (Å²) in [5.74, 6) is 0. The molecular weight excluding hydrogens is 234 g/mol. The summed E-state index contributed by atoms with van der Waals surface area (Å²) in [5, 5.41) is 0.0573. The van der Waals surface area contributed by atoms with Gasteiger partial charge >= 0.3 is 0 Å². The highest BCUT2D eigenvalue weighted by Gasteiger charge is 1.84. The largest absolute Gasteiger partial charge is 0.0843 e. The molecule has 0 bridgehead atoms. The third-order valence-electron chi connectivity index (χ3n) is 0.610. The zero-order chi connectivity index (χ0) is 8.59. The lowest BCUT2D eigenvalue weighted by atomic mass is 10.4. The molecule has 0 amide bonds. The minimum Gasteiger partial charge on any atom is -0.0843 e. The van der Waals surface area contributed by atoms with E-state index in [1.165, 1.54) is 6.07 Å². The quantitative estimate of drug-likeness (QED) is 0.613. The Kier molecular flexibility index (Phi) is 1.15. The Hall–Kier alpha value is 0.240. The molecule has 0 aliphatic heterocycles. The second-order valence-electron chi connectivity index (χ2n) is 1.20. The second kappa shape index (κ2) is 2.69. The van der Waals surface area contributed by atoms with E-state index in [2.05, 4.69) is 0 Å². The van der Waals surface area contributed by atoms with Gasteiger partial charge in [0.1, 0.15) is 0 Å². The van der Waals surface area contributed by atoms with E-state index >= 15 is 0 Å². The maximum atomic E-state index is 7.34. The van der Waals surface area contributed by atoms with E-state index in [0.717, 1.165) is 0 Å². The van der Waals surface area contributed by atoms with Crippen molar-refractivity contribution in [2.75, 3.05) is 0 Å². The number of benzene rings is 1. The second-order valence-corrected chi connectivity index (χ2v) is 2.74. The summed E-state index contributed by atoms with van der Waals surface area (Å²) < 4.78 is 22.4. The first-order chi connectivity index (χ1) is 5.04. The fourth-order valence-corrected chi connectivity index (χ4v) is 1.08. The van der Waals surface area contributed by atoms with E-state index in [9.17, 15) is 0 Å². The number of rotatable bonds is 0. The molecule has 0 aromatic heterocycles. The summed E-state index contributed by atoms with van der Waals surface area (Å²) >= 11 is 7.51. The molecule has 1 aromatic carbocycles. The van der Waals surface area contributed by atoms with Crippen LogP contribution in [0.2, 0.25) is 5.02 Å². The van der Waals surface area contributed by atoms with Crippen LogP contribution < -0.4 is 0 Å². The van der Waals surface area contributed by atoms with E-state index in [1.54, 1.807) is 0 Å². The molecule has 1 aromatic rings. The molecule has 0 radical (unpaired) electrons. The van der Waals surface area contributed by atoms with Crippen molar-refractivity contribution in [1.82, 2.24) is 0 Å². The van der Waals surface area contributed by atoms with Crippen LogP contribution in [0.25, 0.3) is 0 Å². The molecule has 0 saturated heterocycles. The van der Waals surface area contributed by atoms with Gasteiger partial charge in [0.25, 0.3) is 0 Å². The first kappa shape index (κ1) is 3.42. The summed E-state index contributed by atoms with van der Waals surface area (Å²) in [6, 6.07) is 1.58. The van der Waals surface area contributed by atoms with Crippen LogP contribution in [0, 0.1) is 3.57 Å². The van der Waals surface area contributed by atoms with Crippen LogP contribution in [0.3, 0.4) is 0 Å². The number of halogens is 2. The van der Waals surface area contributed by atoms with Crippen LogP contribution in [0.1, 0.15) is 4.11 Å². The first-order valence-corrected chi connectivity index (χ1v) is 3.41. The summed E-state index contributed by atoms with van der Waals surface area (Å²) in [5.41, 5.74) is 0. The molecule has 0 atom stereocenters. The van der Waals surface area contributed by atoms with Crippen molar-refractivity contribution < 1.29 is 4.11 Å². The van der Waals surface area contributed by atoms with Gasteiger partial charge in [-0.15, -0.1) is 0 Å². The highest BCUT2D eigenvalue weighted by molar-refractivity contribution is 14.1. The average Bonchev–Trinajstić information content (AvgIpc) is 1.97. The SMILES string of the molecule is [2H]c1cc(I)c([2H])c(Cl)c1[2H]. The third-order valence-corrected chi connectivity index (χ3v) is 1.38. The summed E-state index contributed by atoms with van der Waals surface area (Å²) in [6.07, 6.45) is 0. The lowest BCUT2D eigenvalue weighted by Gasteiger charge is -1.87. The van der Waals surface area contributed by atoms with Crippen molar-refractivity contribution in [2.45, 2.75) is 0 Å². The lowest BCUT2D eigenvalue weighted by Crippen LogP contribution is -1.65. The molecule has 1 rings (SSSR count). The van der Waals surface area contributed by atoms with Gasteiger partial charge in [0.05, 0.1) is 4.11 Å². The minimum absolute atomic E-state index is 0.0573. The minimum atomic E-state index is -0.0721. The molecule has 0 aliphatic carbocycles. The average molecular weight is 241 g/mol. The maximum absolute atomic E-state index is 7.34. The zero-order valence-corrected chi connectivity index (χ0v) is 6.75. The van der Waals surface area contributed by atoms with Gasteiger partial charge in [-0.1, -0.05) is 17.6 Å². The summed E-state index contributed by atoms with van der Waals surface area (Å²) in [7, 11) is 0. The molecule has 0 N–H and O–H groups in total. The van der Waals surface area contributed by atoms with E-state index in [1.807, 2.05) is 22.6 Å². The van der Waals surface area contributed by atoms with Crippen molar-refractivity contribution >= 4 is 34.2 Å². The van der Waals surface area contributed by atoms with E-state index in [0.29, 0.717) is 3.57 Å². The fourth-order valence-electron chi connectivity index (χ4n) is 0.335. The Labute approximate surface area is 71.2 Å². The predicted octanol–water partition coefficient (Wildman–Crippen LogP) is 2.94. The Balaban J connectivity index is 3.46. The Morgan fingerprint density at radius 1 is 1.75 bits per heavy atom. The molecule has 0 nitrogen and oxygen atoms in total. The van der Waals surface area contributed by atoms with Crippen molar-refractivity contribution in [1.29, 1.82) is 0 Å². The van der Waals surface area contributed by atoms with Gasteiger partial charge in [-0.2, -0.15) is 0 Å². The van der Waals surface area contributed by atoms with Crippen LogP contribution in [0.5, 0.6) is 0 Å². The van der Waals surface area contributed by atoms with Crippen LogP contribution in [0.15, 0.2) is 24.2 Å². The monoisotopic (exact) mass is 241 g/mol. The molecule has 0 spiro atoms. The molecular formula is C6H4ClI. The molecule has 0 aliphatic rings. The maximum Gasteiger partial charge on any atom is 0.0650 e. The molecule has 0 unspecified atom stereocenters. The topological polar surface area (TPSA) is 0 Å². The van der Waals surface area contributed by atoms with E-state index < -0.39 is 0 Å². The van der Waals surface area contributed by atoms with E-state index in [-0.39, 0.29) is 23.1 Å². The van der Waals surface area contributed by atoms with Gasteiger partial charge < -0.3 is 0 Å². The highest BCUT2D eigenvalue weighted by atomic mass is 127. The van der Waals surface area contributed by atoms with Gasteiger partial charge in [0.15, 0.2) is 0 Å². The highest BCUT2D eigenvalue weighted by Crippen LogP contribution is 2.11. The third kappa shape index (κ3) is 1.63.